The Hall–Kier alpha value is -2.11. The lowest BCUT2D eigenvalue weighted by molar-refractivity contribution is -0.118. The van der Waals surface area contributed by atoms with E-state index in [-0.39, 0.29) is 11.8 Å². The minimum absolute atomic E-state index is 0.0196. The fraction of sp³-hybridized carbons (Fsp3) is 0.450. The molecule has 1 aliphatic rings. The third kappa shape index (κ3) is 4.50. The van der Waals surface area contributed by atoms with Gasteiger partial charge in [0.25, 0.3) is 0 Å². The summed E-state index contributed by atoms with van der Waals surface area (Å²) in [4.78, 5) is 14.4. The minimum Gasteiger partial charge on any atom is -0.492 e. The predicted octanol–water partition coefficient (Wildman–Crippen LogP) is 3.15. The Labute approximate surface area is 148 Å². The number of carbonyl (C=O) groups excluding carboxylic acids is 1. The number of nitrogens with one attached hydrogen (secondary N) is 1. The smallest absolute Gasteiger partial charge is 0.226 e. The highest BCUT2D eigenvalue weighted by Crippen LogP contribution is 2.31. The molecule has 134 valence electrons. The minimum atomic E-state index is -0.0526. The number of ether oxygens (including phenoxy) is 2. The third-order valence-electron chi connectivity index (χ3n) is 4.43. The zero-order chi connectivity index (χ0) is 17.6. The van der Waals surface area contributed by atoms with Crippen LogP contribution in [0.2, 0.25) is 0 Å². The molecule has 0 aromatic heterocycles. The van der Waals surface area contributed by atoms with Crippen LogP contribution in [0, 0.1) is 5.92 Å². The molecule has 5 nitrogen and oxygen atoms in total. The third-order valence-corrected chi connectivity index (χ3v) is 4.43. The molecule has 2 aromatic rings. The summed E-state index contributed by atoms with van der Waals surface area (Å²) >= 11 is 0. The van der Waals surface area contributed by atoms with E-state index in [1.54, 1.807) is 0 Å². The molecule has 1 heterocycles. The van der Waals surface area contributed by atoms with Crippen LogP contribution in [0.25, 0.3) is 10.8 Å². The van der Waals surface area contributed by atoms with E-state index >= 15 is 0 Å². The van der Waals surface area contributed by atoms with E-state index in [0.29, 0.717) is 6.61 Å². The molecule has 0 bridgehead atoms. The van der Waals surface area contributed by atoms with Crippen molar-refractivity contribution in [3.8, 4) is 5.75 Å². The van der Waals surface area contributed by atoms with E-state index in [9.17, 15) is 4.79 Å². The number of rotatable bonds is 6. The summed E-state index contributed by atoms with van der Waals surface area (Å²) < 4.78 is 11.4. The molecule has 0 saturated carbocycles. The average molecular weight is 342 g/mol. The summed E-state index contributed by atoms with van der Waals surface area (Å²) in [6, 6.07) is 11.9. The van der Waals surface area contributed by atoms with Crippen LogP contribution in [-0.2, 0) is 9.53 Å². The summed E-state index contributed by atoms with van der Waals surface area (Å²) in [5.74, 6) is 0.820. The molecule has 1 N–H and O–H groups in total. The molecule has 5 heteroatoms. The van der Waals surface area contributed by atoms with Crippen molar-refractivity contribution in [2.45, 2.75) is 13.8 Å². The Balaban J connectivity index is 1.71. The molecule has 1 saturated heterocycles. The predicted molar refractivity (Wildman–Crippen MR) is 100 cm³/mol. The highest BCUT2D eigenvalue weighted by Gasteiger charge is 2.12. The molecule has 1 aliphatic heterocycles. The van der Waals surface area contributed by atoms with Crippen LogP contribution < -0.4 is 10.1 Å². The monoisotopic (exact) mass is 342 g/mol. The van der Waals surface area contributed by atoms with Crippen molar-refractivity contribution in [2.24, 2.45) is 5.92 Å². The summed E-state index contributed by atoms with van der Waals surface area (Å²) in [5.41, 5.74) is 0.829. The Morgan fingerprint density at radius 1 is 1.16 bits per heavy atom. The molecule has 1 amide bonds. The highest BCUT2D eigenvalue weighted by molar-refractivity contribution is 6.04. The van der Waals surface area contributed by atoms with Gasteiger partial charge in [0.05, 0.1) is 13.2 Å². The SMILES string of the molecule is CC(C)C(=O)Nc1cccc2c(OCCN3CCOCC3)cccc12. The van der Waals surface area contributed by atoms with E-state index in [1.807, 2.05) is 50.2 Å². The van der Waals surface area contributed by atoms with Gasteiger partial charge in [0.2, 0.25) is 5.91 Å². The molecular formula is C20H26N2O3. The standard InChI is InChI=1S/C20H26N2O3/c1-15(2)20(23)21-18-7-3-6-17-16(18)5-4-8-19(17)25-14-11-22-9-12-24-13-10-22/h3-8,15H,9-14H2,1-2H3,(H,21,23). The lowest BCUT2D eigenvalue weighted by Gasteiger charge is -2.26. The summed E-state index contributed by atoms with van der Waals surface area (Å²) in [5, 5.41) is 5.02. The molecule has 2 aromatic carbocycles. The quantitative estimate of drug-likeness (QED) is 0.876. The van der Waals surface area contributed by atoms with Gasteiger partial charge in [-0.25, -0.2) is 0 Å². The van der Waals surface area contributed by atoms with Gasteiger partial charge in [0, 0.05) is 42.0 Å². The van der Waals surface area contributed by atoms with Crippen molar-refractivity contribution in [1.82, 2.24) is 4.90 Å². The first-order valence-electron chi connectivity index (χ1n) is 8.90. The lowest BCUT2D eigenvalue weighted by Crippen LogP contribution is -2.38. The second kappa shape index (κ2) is 8.32. The maximum absolute atomic E-state index is 12.0. The number of anilines is 1. The van der Waals surface area contributed by atoms with Gasteiger partial charge < -0.3 is 14.8 Å². The van der Waals surface area contributed by atoms with E-state index in [2.05, 4.69) is 10.2 Å². The second-order valence-electron chi connectivity index (χ2n) is 6.60. The Morgan fingerprint density at radius 2 is 1.88 bits per heavy atom. The maximum atomic E-state index is 12.0. The number of benzene rings is 2. The van der Waals surface area contributed by atoms with E-state index in [4.69, 9.17) is 9.47 Å². The summed E-state index contributed by atoms with van der Waals surface area (Å²) in [6.07, 6.45) is 0. The molecule has 0 spiro atoms. The number of hydrogen-bond acceptors (Lipinski definition) is 4. The van der Waals surface area contributed by atoms with Crippen molar-refractivity contribution >= 4 is 22.4 Å². The Kier molecular flexibility index (Phi) is 5.89. The van der Waals surface area contributed by atoms with Gasteiger partial charge in [-0.2, -0.15) is 0 Å². The Bertz CT molecular complexity index is 724. The van der Waals surface area contributed by atoms with Crippen molar-refractivity contribution in [2.75, 3.05) is 44.8 Å². The number of fused-ring (bicyclic) bond motifs is 1. The fourth-order valence-electron chi connectivity index (χ4n) is 2.90. The first-order chi connectivity index (χ1) is 12.1. The topological polar surface area (TPSA) is 50.8 Å². The largest absolute Gasteiger partial charge is 0.492 e. The molecule has 0 atom stereocenters. The van der Waals surface area contributed by atoms with E-state index in [0.717, 1.165) is 55.1 Å². The maximum Gasteiger partial charge on any atom is 0.226 e. The van der Waals surface area contributed by atoms with Gasteiger partial charge in [-0.15, -0.1) is 0 Å². The van der Waals surface area contributed by atoms with Gasteiger partial charge in [0.15, 0.2) is 0 Å². The summed E-state index contributed by atoms with van der Waals surface area (Å²) in [7, 11) is 0. The van der Waals surface area contributed by atoms with Crippen LogP contribution in [0.3, 0.4) is 0 Å². The summed E-state index contributed by atoms with van der Waals surface area (Å²) in [6.45, 7) is 8.83. The normalized spacial score (nSPS) is 15.5. The second-order valence-corrected chi connectivity index (χ2v) is 6.60. The van der Waals surface area contributed by atoms with Gasteiger partial charge in [-0.1, -0.05) is 38.1 Å². The number of hydrogen-bond donors (Lipinski definition) is 1. The Morgan fingerprint density at radius 3 is 2.64 bits per heavy atom. The van der Waals surface area contributed by atoms with E-state index in [1.165, 1.54) is 0 Å². The number of nitrogens with zero attached hydrogens (tertiary/aromatic N) is 1. The average Bonchev–Trinajstić information content (AvgIpc) is 2.63. The fourth-order valence-corrected chi connectivity index (χ4v) is 2.90. The molecule has 0 aliphatic carbocycles. The lowest BCUT2D eigenvalue weighted by atomic mass is 10.1. The number of morpholine rings is 1. The first-order valence-corrected chi connectivity index (χ1v) is 8.90. The van der Waals surface area contributed by atoms with Crippen LogP contribution in [0.4, 0.5) is 5.69 Å². The molecule has 0 radical (unpaired) electrons. The van der Waals surface area contributed by atoms with Crippen molar-refractivity contribution in [3.05, 3.63) is 36.4 Å². The van der Waals surface area contributed by atoms with E-state index < -0.39 is 0 Å². The van der Waals surface area contributed by atoms with Crippen LogP contribution in [0.15, 0.2) is 36.4 Å². The van der Waals surface area contributed by atoms with Crippen LogP contribution >= 0.6 is 0 Å². The molecular weight excluding hydrogens is 316 g/mol. The van der Waals surface area contributed by atoms with Gasteiger partial charge >= 0.3 is 0 Å². The van der Waals surface area contributed by atoms with Gasteiger partial charge in [-0.05, 0) is 12.1 Å². The van der Waals surface area contributed by atoms with Crippen molar-refractivity contribution in [3.63, 3.8) is 0 Å². The molecule has 0 unspecified atom stereocenters. The van der Waals surface area contributed by atoms with Crippen molar-refractivity contribution < 1.29 is 14.3 Å². The van der Waals surface area contributed by atoms with Crippen LogP contribution in [0.1, 0.15) is 13.8 Å². The van der Waals surface area contributed by atoms with Gasteiger partial charge in [-0.3, -0.25) is 9.69 Å². The molecule has 25 heavy (non-hydrogen) atoms. The number of carbonyl (C=O) groups is 1. The molecule has 1 fully saturated rings. The zero-order valence-electron chi connectivity index (χ0n) is 15.0. The zero-order valence-corrected chi connectivity index (χ0v) is 15.0. The molecule has 3 rings (SSSR count). The van der Waals surface area contributed by atoms with Crippen LogP contribution in [-0.4, -0.2) is 50.3 Å². The van der Waals surface area contributed by atoms with Gasteiger partial charge in [0.1, 0.15) is 12.4 Å². The number of amides is 1. The first kappa shape index (κ1) is 17.7. The van der Waals surface area contributed by atoms with Crippen LogP contribution in [0.5, 0.6) is 5.75 Å². The van der Waals surface area contributed by atoms with Crippen molar-refractivity contribution in [1.29, 1.82) is 0 Å². The highest BCUT2D eigenvalue weighted by atomic mass is 16.5.